The van der Waals surface area contributed by atoms with Gasteiger partial charge in [-0.3, -0.25) is 19.2 Å². The maximum absolute atomic E-state index is 13.3. The first-order chi connectivity index (χ1) is 16.1. The Balaban J connectivity index is 2.86. The Labute approximate surface area is 203 Å². The molecule has 0 spiro atoms. The van der Waals surface area contributed by atoms with Gasteiger partial charge >= 0.3 is 11.9 Å². The third kappa shape index (κ3) is 9.85. The second kappa shape index (κ2) is 15.5. The van der Waals surface area contributed by atoms with Crippen LogP contribution in [-0.2, 0) is 24.0 Å². The summed E-state index contributed by atoms with van der Waals surface area (Å²) in [6.07, 6.45) is 4.18. The number of hydrogen-bond donors (Lipinski definition) is 6. The van der Waals surface area contributed by atoms with Gasteiger partial charge in [-0.2, -0.15) is 11.8 Å². The zero-order valence-corrected chi connectivity index (χ0v) is 20.3. The number of nitrogens with two attached hydrogens (primary N) is 2. The van der Waals surface area contributed by atoms with Crippen molar-refractivity contribution in [3.63, 3.8) is 0 Å². The third-order valence-corrected chi connectivity index (χ3v) is 6.28. The van der Waals surface area contributed by atoms with Crippen molar-refractivity contribution < 1.29 is 34.2 Å². The Bertz CT molecular complexity index is 724. The predicted octanol–water partition coefficient (Wildman–Crippen LogP) is -0.894. The summed E-state index contributed by atoms with van der Waals surface area (Å²) < 4.78 is 0. The minimum absolute atomic E-state index is 0.0694. The molecule has 4 atom stereocenters. The molecule has 0 saturated carbocycles. The fourth-order valence-corrected chi connectivity index (χ4v) is 4.17. The van der Waals surface area contributed by atoms with E-state index in [1.807, 2.05) is 6.26 Å². The van der Waals surface area contributed by atoms with Crippen LogP contribution in [0, 0.1) is 0 Å². The summed E-state index contributed by atoms with van der Waals surface area (Å²) in [6, 6.07) is -3.92. The first-order valence-electron chi connectivity index (χ1n) is 11.4. The summed E-state index contributed by atoms with van der Waals surface area (Å²) in [5, 5.41) is 23.3. The molecule has 1 aliphatic heterocycles. The highest BCUT2D eigenvalue weighted by molar-refractivity contribution is 7.98. The Kier molecular flexibility index (Phi) is 13.5. The molecule has 13 heteroatoms. The maximum atomic E-state index is 13.3. The highest BCUT2D eigenvalue weighted by atomic mass is 32.2. The number of unbranched alkanes of at least 4 members (excludes halogenated alkanes) is 1. The molecule has 1 saturated heterocycles. The number of hydrogen-bond acceptors (Lipinski definition) is 8. The molecule has 0 aromatic carbocycles. The quantitative estimate of drug-likeness (QED) is 0.143. The summed E-state index contributed by atoms with van der Waals surface area (Å²) in [5.41, 5.74) is 11.2. The first kappa shape index (κ1) is 29.7. The van der Waals surface area contributed by atoms with Gasteiger partial charge in [0.1, 0.15) is 18.1 Å². The predicted molar refractivity (Wildman–Crippen MR) is 127 cm³/mol. The van der Waals surface area contributed by atoms with Crippen molar-refractivity contribution in [3.8, 4) is 0 Å². The van der Waals surface area contributed by atoms with Crippen molar-refractivity contribution in [2.75, 3.05) is 25.1 Å². The second-order valence-corrected chi connectivity index (χ2v) is 9.24. The number of likely N-dealkylation sites (tertiary alicyclic amines) is 1. The van der Waals surface area contributed by atoms with Crippen LogP contribution in [0.2, 0.25) is 0 Å². The van der Waals surface area contributed by atoms with Crippen LogP contribution in [-0.4, -0.2) is 94.0 Å². The first-order valence-corrected chi connectivity index (χ1v) is 12.8. The molecular formula is C21H37N5O7S. The van der Waals surface area contributed by atoms with Crippen LogP contribution in [0.15, 0.2) is 0 Å². The second-order valence-electron chi connectivity index (χ2n) is 8.26. The van der Waals surface area contributed by atoms with E-state index in [1.54, 1.807) is 0 Å². The number of nitrogens with zero attached hydrogens (tertiary/aromatic N) is 1. The lowest BCUT2D eigenvalue weighted by molar-refractivity contribution is -0.145. The molecule has 34 heavy (non-hydrogen) atoms. The number of rotatable bonds is 16. The lowest BCUT2D eigenvalue weighted by atomic mass is 10.1. The summed E-state index contributed by atoms with van der Waals surface area (Å²) in [5.74, 6) is -3.28. The fourth-order valence-electron chi connectivity index (χ4n) is 3.70. The van der Waals surface area contributed by atoms with Gasteiger partial charge in [0, 0.05) is 13.0 Å². The molecule has 1 aliphatic rings. The van der Waals surface area contributed by atoms with E-state index in [0.29, 0.717) is 50.9 Å². The van der Waals surface area contributed by atoms with Gasteiger partial charge in [0.05, 0.1) is 6.04 Å². The number of carbonyl (C=O) groups excluding carboxylic acids is 3. The molecule has 0 bridgehead atoms. The van der Waals surface area contributed by atoms with Gasteiger partial charge in [-0.15, -0.1) is 0 Å². The molecule has 1 rings (SSSR count). The lowest BCUT2D eigenvalue weighted by Gasteiger charge is -2.30. The zero-order valence-electron chi connectivity index (χ0n) is 19.5. The lowest BCUT2D eigenvalue weighted by Crippen LogP contribution is -2.57. The van der Waals surface area contributed by atoms with Gasteiger partial charge < -0.3 is 37.2 Å². The SMILES string of the molecule is CSCCC(NC(=O)C(N)CCC(=O)O)C(=O)N1CCCC1C(=O)NC(CCCCN)C(=O)O. The van der Waals surface area contributed by atoms with Crippen LogP contribution in [0.25, 0.3) is 0 Å². The molecule has 0 radical (unpaired) electrons. The highest BCUT2D eigenvalue weighted by Gasteiger charge is 2.39. The van der Waals surface area contributed by atoms with Gasteiger partial charge in [0.15, 0.2) is 0 Å². The van der Waals surface area contributed by atoms with E-state index < -0.39 is 53.8 Å². The Morgan fingerprint density at radius 1 is 1.06 bits per heavy atom. The standard InChI is InChI=1S/C21H37N5O7S/c1-34-12-9-14(24-18(29)13(23)7-8-17(27)28)20(31)26-11-4-6-16(26)19(30)25-15(21(32)33)5-2-3-10-22/h13-16H,2-12,22-23H2,1H3,(H,24,29)(H,25,30)(H,27,28)(H,32,33). The molecular weight excluding hydrogens is 466 g/mol. The molecule has 3 amide bonds. The van der Waals surface area contributed by atoms with Crippen molar-refractivity contribution in [2.45, 2.75) is 75.5 Å². The van der Waals surface area contributed by atoms with Crippen LogP contribution in [0.5, 0.6) is 0 Å². The third-order valence-electron chi connectivity index (χ3n) is 5.63. The number of thioether (sulfide) groups is 1. The van der Waals surface area contributed by atoms with Gasteiger partial charge in [0.2, 0.25) is 17.7 Å². The van der Waals surface area contributed by atoms with Crippen molar-refractivity contribution in [1.82, 2.24) is 15.5 Å². The topological polar surface area (TPSA) is 205 Å². The molecule has 0 aliphatic carbocycles. The minimum atomic E-state index is -1.15. The van der Waals surface area contributed by atoms with E-state index in [4.69, 9.17) is 16.6 Å². The van der Waals surface area contributed by atoms with Gasteiger partial charge in [0.25, 0.3) is 0 Å². The molecule has 4 unspecified atom stereocenters. The summed E-state index contributed by atoms with van der Waals surface area (Å²) in [6.45, 7) is 0.729. The van der Waals surface area contributed by atoms with E-state index in [-0.39, 0.29) is 19.3 Å². The average molecular weight is 504 g/mol. The van der Waals surface area contributed by atoms with Crippen molar-refractivity contribution in [2.24, 2.45) is 11.5 Å². The summed E-state index contributed by atoms with van der Waals surface area (Å²) in [7, 11) is 0. The zero-order chi connectivity index (χ0) is 25.7. The molecule has 1 fully saturated rings. The van der Waals surface area contributed by atoms with Crippen LogP contribution >= 0.6 is 11.8 Å². The van der Waals surface area contributed by atoms with Crippen LogP contribution in [0.4, 0.5) is 0 Å². The molecule has 0 aromatic rings. The monoisotopic (exact) mass is 503 g/mol. The van der Waals surface area contributed by atoms with E-state index in [0.717, 1.165) is 0 Å². The van der Waals surface area contributed by atoms with Crippen molar-refractivity contribution >= 4 is 41.4 Å². The molecule has 8 N–H and O–H groups in total. The van der Waals surface area contributed by atoms with Gasteiger partial charge in [-0.25, -0.2) is 4.79 Å². The van der Waals surface area contributed by atoms with Crippen LogP contribution in [0.1, 0.15) is 51.4 Å². The Hall–Kier alpha value is -2.38. The molecule has 12 nitrogen and oxygen atoms in total. The van der Waals surface area contributed by atoms with E-state index in [2.05, 4.69) is 10.6 Å². The number of nitrogens with one attached hydrogen (secondary N) is 2. The van der Waals surface area contributed by atoms with Gasteiger partial charge in [-0.1, -0.05) is 0 Å². The maximum Gasteiger partial charge on any atom is 0.326 e. The highest BCUT2D eigenvalue weighted by Crippen LogP contribution is 2.20. The molecule has 0 aromatic heterocycles. The van der Waals surface area contributed by atoms with E-state index in [1.165, 1.54) is 16.7 Å². The molecule has 194 valence electrons. The number of carboxylic acid groups (broad SMARTS) is 2. The van der Waals surface area contributed by atoms with Crippen molar-refractivity contribution in [3.05, 3.63) is 0 Å². The number of carboxylic acids is 2. The van der Waals surface area contributed by atoms with E-state index >= 15 is 0 Å². The van der Waals surface area contributed by atoms with Crippen LogP contribution < -0.4 is 22.1 Å². The largest absolute Gasteiger partial charge is 0.481 e. The summed E-state index contributed by atoms with van der Waals surface area (Å²) >= 11 is 1.48. The average Bonchev–Trinajstić information content (AvgIpc) is 3.28. The smallest absolute Gasteiger partial charge is 0.326 e. The van der Waals surface area contributed by atoms with Gasteiger partial charge in [-0.05, 0) is 63.5 Å². The molecule has 1 heterocycles. The fraction of sp³-hybridized carbons (Fsp3) is 0.762. The summed E-state index contributed by atoms with van der Waals surface area (Å²) in [4.78, 5) is 62.2. The number of carbonyl (C=O) groups is 5. The van der Waals surface area contributed by atoms with Crippen LogP contribution in [0.3, 0.4) is 0 Å². The van der Waals surface area contributed by atoms with E-state index in [9.17, 15) is 29.1 Å². The normalized spacial score (nSPS) is 18.1. The Morgan fingerprint density at radius 2 is 1.76 bits per heavy atom. The number of amides is 3. The minimum Gasteiger partial charge on any atom is -0.481 e. The Morgan fingerprint density at radius 3 is 2.35 bits per heavy atom. The van der Waals surface area contributed by atoms with Crippen molar-refractivity contribution in [1.29, 1.82) is 0 Å². The number of aliphatic carboxylic acids is 2.